The topological polar surface area (TPSA) is 82.6 Å². The fraction of sp³-hybridized carbons (Fsp3) is 0.450. The van der Waals surface area contributed by atoms with Gasteiger partial charge in [-0.2, -0.15) is 0 Å². The molecule has 3 heterocycles. The van der Waals surface area contributed by atoms with Crippen molar-refractivity contribution in [3.63, 3.8) is 0 Å². The highest BCUT2D eigenvalue weighted by atomic mass is 32.3. The summed E-state index contributed by atoms with van der Waals surface area (Å²) in [5.41, 5.74) is 1.31. The Kier molecular flexibility index (Phi) is 7.18. The molecule has 0 bridgehead atoms. The molecule has 0 N–H and O–H groups in total. The zero-order chi connectivity index (χ0) is 20.9. The van der Waals surface area contributed by atoms with E-state index in [1.807, 2.05) is 24.0 Å². The van der Waals surface area contributed by atoms with Crippen LogP contribution < -0.4 is 4.90 Å². The number of hydrogen-bond acceptors (Lipinski definition) is 7. The largest absolute Gasteiger partial charge is 0.726 e. The fourth-order valence-electron chi connectivity index (χ4n) is 3.82. The fourth-order valence-corrected chi connectivity index (χ4v) is 4.89. The van der Waals surface area contributed by atoms with Crippen molar-refractivity contribution < 1.29 is 21.6 Å². The molecule has 0 radical (unpaired) electrons. The third-order valence-corrected chi connectivity index (χ3v) is 6.82. The summed E-state index contributed by atoms with van der Waals surface area (Å²) in [5, 5.41) is 0. The van der Waals surface area contributed by atoms with E-state index in [0.29, 0.717) is 0 Å². The number of quaternary nitrogens is 1. The Balaban J connectivity index is 0.000000353. The number of likely N-dealkylation sites (tertiary alicyclic amines) is 1. The van der Waals surface area contributed by atoms with Gasteiger partial charge in [0.15, 0.2) is 0 Å². The molecule has 1 fully saturated rings. The van der Waals surface area contributed by atoms with Crippen molar-refractivity contribution in [2.24, 2.45) is 0 Å². The van der Waals surface area contributed by atoms with Crippen LogP contribution in [0.2, 0.25) is 0 Å². The van der Waals surface area contributed by atoms with Crippen LogP contribution in [-0.2, 0) is 14.6 Å². The number of anilines is 2. The van der Waals surface area contributed by atoms with E-state index in [0.717, 1.165) is 19.5 Å². The van der Waals surface area contributed by atoms with Gasteiger partial charge in [0.05, 0.1) is 44.4 Å². The van der Waals surface area contributed by atoms with Gasteiger partial charge in [0.2, 0.25) is 10.4 Å². The molecule has 29 heavy (non-hydrogen) atoms. The van der Waals surface area contributed by atoms with Gasteiger partial charge in [0, 0.05) is 36.9 Å². The van der Waals surface area contributed by atoms with E-state index < -0.39 is 10.4 Å². The summed E-state index contributed by atoms with van der Waals surface area (Å²) in [5.74, 6) is 1.13. The minimum atomic E-state index is -4.41. The number of pyridine rings is 1. The molecule has 0 spiro atoms. The lowest BCUT2D eigenvalue weighted by atomic mass is 10.2. The first-order valence-corrected chi connectivity index (χ1v) is 11.8. The van der Waals surface area contributed by atoms with Gasteiger partial charge in [-0.05, 0) is 24.3 Å². The molecule has 158 valence electrons. The number of benzene rings is 1. The Labute approximate surface area is 177 Å². The Morgan fingerprint density at radius 2 is 1.83 bits per heavy atom. The first-order chi connectivity index (χ1) is 13.8. The SMILES string of the molecule is COS(=O)(=O)[O-].C[N+]1(CCCN2c3ccccc3Sc3cccnc32)CCCC1. The number of nitrogens with zero attached hydrogens (tertiary/aromatic N) is 3. The standard InChI is InChI=1S/C19H24N3S.CH4O4S/c1-22(13-4-5-14-22)15-7-12-21-16-8-2-3-9-17(16)23-18-10-6-11-20-19(18)21;1-5-6(2,3)4/h2-3,6,8-11H,4-5,7,12-15H2,1H3;1H3,(H,2,3,4)/q+1;/p-1. The second kappa shape index (κ2) is 9.44. The van der Waals surface area contributed by atoms with Gasteiger partial charge in [0.25, 0.3) is 0 Å². The van der Waals surface area contributed by atoms with Gasteiger partial charge in [-0.15, -0.1) is 0 Å². The predicted molar refractivity (Wildman–Crippen MR) is 113 cm³/mol. The van der Waals surface area contributed by atoms with E-state index in [4.69, 9.17) is 0 Å². The van der Waals surface area contributed by atoms with E-state index >= 15 is 0 Å². The third-order valence-electron chi connectivity index (χ3n) is 5.31. The van der Waals surface area contributed by atoms with Crippen LogP contribution in [0.5, 0.6) is 0 Å². The van der Waals surface area contributed by atoms with Crippen LogP contribution in [0.1, 0.15) is 19.3 Å². The normalized spacial score (nSPS) is 17.1. The predicted octanol–water partition coefficient (Wildman–Crippen LogP) is 3.41. The number of fused-ring (bicyclic) bond motifs is 2. The third kappa shape index (κ3) is 5.93. The molecular formula is C20H27N3O4S2. The van der Waals surface area contributed by atoms with Crippen LogP contribution in [-0.4, -0.2) is 62.8 Å². The molecule has 0 atom stereocenters. The molecule has 1 aromatic carbocycles. The first-order valence-electron chi connectivity index (χ1n) is 9.66. The Bertz CT molecular complexity index is 885. The summed E-state index contributed by atoms with van der Waals surface area (Å²) < 4.78 is 32.3. The lowest BCUT2D eigenvalue weighted by Gasteiger charge is -2.33. The minimum Gasteiger partial charge on any atom is -0.726 e. The van der Waals surface area contributed by atoms with Crippen LogP contribution in [0.3, 0.4) is 0 Å². The molecule has 9 heteroatoms. The highest BCUT2D eigenvalue weighted by Gasteiger charge is 2.28. The molecule has 2 aliphatic rings. The molecule has 2 aliphatic heterocycles. The number of para-hydroxylation sites is 1. The van der Waals surface area contributed by atoms with Gasteiger partial charge in [-0.1, -0.05) is 23.9 Å². The van der Waals surface area contributed by atoms with E-state index in [1.165, 1.54) is 58.9 Å². The van der Waals surface area contributed by atoms with Gasteiger partial charge < -0.3 is 13.9 Å². The van der Waals surface area contributed by atoms with Gasteiger partial charge in [-0.3, -0.25) is 4.18 Å². The average molecular weight is 438 g/mol. The van der Waals surface area contributed by atoms with E-state index in [1.54, 1.807) is 0 Å². The molecule has 0 unspecified atom stereocenters. The average Bonchev–Trinajstić information content (AvgIpc) is 3.14. The molecular weight excluding hydrogens is 410 g/mol. The van der Waals surface area contributed by atoms with Crippen molar-refractivity contribution in [2.45, 2.75) is 29.1 Å². The maximum Gasteiger partial charge on any atom is 0.217 e. The molecule has 0 aliphatic carbocycles. The van der Waals surface area contributed by atoms with Gasteiger partial charge >= 0.3 is 0 Å². The second-order valence-electron chi connectivity index (χ2n) is 7.47. The zero-order valence-electron chi connectivity index (χ0n) is 16.8. The highest BCUT2D eigenvalue weighted by molar-refractivity contribution is 7.99. The number of rotatable bonds is 5. The van der Waals surface area contributed by atoms with Crippen LogP contribution in [0.25, 0.3) is 0 Å². The maximum atomic E-state index is 9.22. The first kappa shape index (κ1) is 22.0. The van der Waals surface area contributed by atoms with Crippen molar-refractivity contribution >= 4 is 33.7 Å². The highest BCUT2D eigenvalue weighted by Crippen LogP contribution is 2.46. The van der Waals surface area contributed by atoms with Gasteiger partial charge in [0.1, 0.15) is 5.82 Å². The summed E-state index contributed by atoms with van der Waals surface area (Å²) in [4.78, 5) is 9.70. The van der Waals surface area contributed by atoms with Crippen LogP contribution in [0.15, 0.2) is 52.4 Å². The Morgan fingerprint density at radius 1 is 1.17 bits per heavy atom. The lowest BCUT2D eigenvalue weighted by Crippen LogP contribution is -2.42. The van der Waals surface area contributed by atoms with Crippen LogP contribution in [0.4, 0.5) is 11.5 Å². The lowest BCUT2D eigenvalue weighted by molar-refractivity contribution is -0.897. The van der Waals surface area contributed by atoms with E-state index in [-0.39, 0.29) is 0 Å². The minimum absolute atomic E-state index is 0.808. The Hall–Kier alpha value is -1.65. The smallest absolute Gasteiger partial charge is 0.217 e. The summed E-state index contributed by atoms with van der Waals surface area (Å²) in [6.07, 6.45) is 5.91. The van der Waals surface area contributed by atoms with E-state index in [2.05, 4.69) is 51.4 Å². The van der Waals surface area contributed by atoms with Crippen molar-refractivity contribution in [1.82, 2.24) is 4.98 Å². The molecule has 4 rings (SSSR count). The monoisotopic (exact) mass is 437 g/mol. The summed E-state index contributed by atoms with van der Waals surface area (Å²) >= 11 is 1.84. The summed E-state index contributed by atoms with van der Waals surface area (Å²) in [7, 11) is -1.19. The van der Waals surface area contributed by atoms with E-state index in [9.17, 15) is 13.0 Å². The second-order valence-corrected chi connectivity index (χ2v) is 9.71. The molecule has 0 saturated carbocycles. The molecule has 7 nitrogen and oxygen atoms in total. The molecule has 1 saturated heterocycles. The molecule has 2 aromatic rings. The van der Waals surface area contributed by atoms with Crippen LogP contribution >= 0.6 is 11.8 Å². The van der Waals surface area contributed by atoms with Gasteiger partial charge in [-0.25, -0.2) is 13.4 Å². The van der Waals surface area contributed by atoms with Crippen molar-refractivity contribution in [2.75, 3.05) is 45.2 Å². The van der Waals surface area contributed by atoms with Crippen molar-refractivity contribution in [3.8, 4) is 0 Å². The maximum absolute atomic E-state index is 9.22. The number of aromatic nitrogens is 1. The number of hydrogen-bond donors (Lipinski definition) is 0. The molecule has 1 aromatic heterocycles. The van der Waals surface area contributed by atoms with Crippen LogP contribution in [0, 0.1) is 0 Å². The summed E-state index contributed by atoms with van der Waals surface area (Å²) in [6.45, 7) is 5.02. The Morgan fingerprint density at radius 3 is 2.52 bits per heavy atom. The quantitative estimate of drug-likeness (QED) is 0.403. The zero-order valence-corrected chi connectivity index (χ0v) is 18.4. The summed E-state index contributed by atoms with van der Waals surface area (Å²) in [6, 6.07) is 12.9. The molecule has 0 amide bonds. The van der Waals surface area contributed by atoms with Crippen molar-refractivity contribution in [1.29, 1.82) is 0 Å². The van der Waals surface area contributed by atoms with Crippen molar-refractivity contribution in [3.05, 3.63) is 42.6 Å².